The zero-order valence-electron chi connectivity index (χ0n) is 14.2. The maximum absolute atomic E-state index is 6.25. The fourth-order valence-corrected chi connectivity index (χ4v) is 3.98. The Morgan fingerprint density at radius 2 is 1.96 bits per heavy atom. The topological polar surface area (TPSA) is 38.0 Å². The normalized spacial score (nSPS) is 21.0. The summed E-state index contributed by atoms with van der Waals surface area (Å²) in [5.41, 5.74) is 4.62. The molecule has 4 nitrogen and oxygen atoms in total. The Hall–Kier alpha value is -2.53. The van der Waals surface area contributed by atoms with Crippen LogP contribution in [0.3, 0.4) is 0 Å². The Morgan fingerprint density at radius 1 is 1.12 bits per heavy atom. The quantitative estimate of drug-likeness (QED) is 0.554. The molecule has 5 heteroatoms. The van der Waals surface area contributed by atoms with E-state index in [0.29, 0.717) is 0 Å². The second-order valence-electron chi connectivity index (χ2n) is 6.68. The summed E-state index contributed by atoms with van der Waals surface area (Å²) in [6.45, 7) is 2.10. The molecule has 0 aliphatic carbocycles. The van der Waals surface area contributed by atoms with Gasteiger partial charge in [0.2, 0.25) is 6.23 Å². The lowest BCUT2D eigenvalue weighted by Gasteiger charge is -2.37. The molecular weight excluding hydrogens is 392 g/mol. The van der Waals surface area contributed by atoms with Crippen LogP contribution in [0.2, 0.25) is 0 Å². The molecule has 0 unspecified atom stereocenters. The van der Waals surface area contributed by atoms with Gasteiger partial charge in [0.1, 0.15) is 5.75 Å². The summed E-state index contributed by atoms with van der Waals surface area (Å²) in [6.07, 6.45) is 2.16. The highest BCUT2D eigenvalue weighted by atomic mass is 79.9. The van der Waals surface area contributed by atoms with Crippen molar-refractivity contribution < 1.29 is 9.15 Å². The SMILES string of the molecule is Cc1ccc(C2=NN3[C@H](C2)c2cc(Br)ccc2O[C@H]3c2ccco2)cc1. The Kier molecular flexibility index (Phi) is 3.64. The van der Waals surface area contributed by atoms with E-state index in [1.165, 1.54) is 5.56 Å². The molecule has 0 saturated heterocycles. The Labute approximate surface area is 160 Å². The number of aryl methyl sites for hydroxylation is 1. The summed E-state index contributed by atoms with van der Waals surface area (Å²) in [4.78, 5) is 0. The number of hydrazone groups is 1. The number of rotatable bonds is 2. The molecule has 130 valence electrons. The fourth-order valence-electron chi connectivity index (χ4n) is 3.60. The molecule has 0 amide bonds. The van der Waals surface area contributed by atoms with Gasteiger partial charge in [-0.15, -0.1) is 0 Å². The van der Waals surface area contributed by atoms with Crippen molar-refractivity contribution in [1.29, 1.82) is 0 Å². The highest BCUT2D eigenvalue weighted by Crippen LogP contribution is 2.48. The molecule has 2 aromatic carbocycles. The largest absolute Gasteiger partial charge is 0.463 e. The minimum Gasteiger partial charge on any atom is -0.463 e. The molecule has 0 N–H and O–H groups in total. The molecule has 1 aromatic heterocycles. The van der Waals surface area contributed by atoms with Gasteiger partial charge in [-0.3, -0.25) is 0 Å². The smallest absolute Gasteiger partial charge is 0.246 e. The van der Waals surface area contributed by atoms with Gasteiger partial charge in [-0.1, -0.05) is 45.8 Å². The van der Waals surface area contributed by atoms with Crippen LogP contribution in [0.1, 0.15) is 41.1 Å². The van der Waals surface area contributed by atoms with E-state index in [-0.39, 0.29) is 12.3 Å². The maximum Gasteiger partial charge on any atom is 0.246 e. The first kappa shape index (κ1) is 15.7. The lowest BCUT2D eigenvalue weighted by Crippen LogP contribution is -2.33. The van der Waals surface area contributed by atoms with Gasteiger partial charge in [-0.25, -0.2) is 5.01 Å². The molecular formula is C21H17BrN2O2. The van der Waals surface area contributed by atoms with Gasteiger partial charge in [-0.05, 0) is 42.8 Å². The number of fused-ring (bicyclic) bond motifs is 3. The summed E-state index contributed by atoms with van der Waals surface area (Å²) in [5, 5.41) is 6.96. The fraction of sp³-hybridized carbons (Fsp3) is 0.190. The summed E-state index contributed by atoms with van der Waals surface area (Å²) in [6, 6.07) is 18.6. The molecule has 2 aliphatic rings. The van der Waals surface area contributed by atoms with Crippen LogP contribution in [0.5, 0.6) is 5.75 Å². The van der Waals surface area contributed by atoms with Crippen LogP contribution in [0, 0.1) is 6.92 Å². The first-order chi connectivity index (χ1) is 12.7. The monoisotopic (exact) mass is 408 g/mol. The van der Waals surface area contributed by atoms with Gasteiger partial charge in [0, 0.05) is 16.5 Å². The molecule has 26 heavy (non-hydrogen) atoms. The van der Waals surface area contributed by atoms with Crippen LogP contribution in [0.25, 0.3) is 0 Å². The van der Waals surface area contributed by atoms with Gasteiger partial charge in [0.15, 0.2) is 5.76 Å². The molecule has 3 aromatic rings. The number of hydrogen-bond acceptors (Lipinski definition) is 4. The maximum atomic E-state index is 6.25. The van der Waals surface area contributed by atoms with E-state index in [1.54, 1.807) is 6.26 Å². The van der Waals surface area contributed by atoms with Crippen molar-refractivity contribution in [2.75, 3.05) is 0 Å². The van der Waals surface area contributed by atoms with E-state index in [2.05, 4.69) is 53.2 Å². The third kappa shape index (κ3) is 2.54. The third-order valence-corrected chi connectivity index (χ3v) is 5.42. The van der Waals surface area contributed by atoms with Crippen molar-refractivity contribution in [1.82, 2.24) is 5.01 Å². The average Bonchev–Trinajstić information content (AvgIpc) is 3.32. The molecule has 2 aliphatic heterocycles. The van der Waals surface area contributed by atoms with Gasteiger partial charge < -0.3 is 9.15 Å². The van der Waals surface area contributed by atoms with Crippen LogP contribution in [0.15, 0.2) is 74.9 Å². The van der Waals surface area contributed by atoms with Crippen molar-refractivity contribution in [3.05, 3.63) is 87.8 Å². The molecule has 0 bridgehead atoms. The zero-order chi connectivity index (χ0) is 17.7. The molecule has 0 radical (unpaired) electrons. The molecule has 0 spiro atoms. The second-order valence-corrected chi connectivity index (χ2v) is 7.60. The predicted molar refractivity (Wildman–Crippen MR) is 103 cm³/mol. The summed E-state index contributed by atoms with van der Waals surface area (Å²) >= 11 is 3.58. The van der Waals surface area contributed by atoms with Crippen LogP contribution in [-0.2, 0) is 0 Å². The minimum absolute atomic E-state index is 0.127. The van der Waals surface area contributed by atoms with Crippen molar-refractivity contribution >= 4 is 21.6 Å². The number of benzene rings is 2. The molecule has 2 atom stereocenters. The second kappa shape index (κ2) is 6.02. The minimum atomic E-state index is -0.355. The Morgan fingerprint density at radius 3 is 2.73 bits per heavy atom. The van der Waals surface area contributed by atoms with E-state index in [0.717, 1.165) is 39.2 Å². The zero-order valence-corrected chi connectivity index (χ0v) is 15.8. The highest BCUT2D eigenvalue weighted by molar-refractivity contribution is 9.10. The van der Waals surface area contributed by atoms with Crippen molar-refractivity contribution in [2.24, 2.45) is 5.10 Å². The van der Waals surface area contributed by atoms with E-state index in [9.17, 15) is 0 Å². The van der Waals surface area contributed by atoms with Crippen LogP contribution in [-0.4, -0.2) is 10.7 Å². The summed E-state index contributed by atoms with van der Waals surface area (Å²) in [7, 11) is 0. The number of halogens is 1. The number of hydrogen-bond donors (Lipinski definition) is 0. The lowest BCUT2D eigenvalue weighted by atomic mass is 9.96. The van der Waals surface area contributed by atoms with E-state index < -0.39 is 0 Å². The van der Waals surface area contributed by atoms with Crippen molar-refractivity contribution in [3.8, 4) is 5.75 Å². The standard InChI is InChI=1S/C21H17BrN2O2/c1-13-4-6-14(7-5-13)17-12-18-16-11-15(22)8-9-19(16)26-21(24(18)23-17)20-3-2-10-25-20/h2-11,18,21H,12H2,1H3/t18-,21+/m1/s1. The Balaban J connectivity index is 1.60. The molecule has 3 heterocycles. The first-order valence-corrected chi connectivity index (χ1v) is 9.41. The predicted octanol–water partition coefficient (Wildman–Crippen LogP) is 5.59. The van der Waals surface area contributed by atoms with Gasteiger partial charge >= 0.3 is 0 Å². The average molecular weight is 409 g/mol. The van der Waals surface area contributed by atoms with Crippen molar-refractivity contribution in [2.45, 2.75) is 25.6 Å². The summed E-state index contributed by atoms with van der Waals surface area (Å²) in [5.74, 6) is 1.65. The molecule has 5 rings (SSSR count). The van der Waals surface area contributed by atoms with Gasteiger partial charge in [0.25, 0.3) is 0 Å². The first-order valence-electron chi connectivity index (χ1n) is 8.61. The summed E-state index contributed by atoms with van der Waals surface area (Å²) < 4.78 is 12.9. The van der Waals surface area contributed by atoms with E-state index >= 15 is 0 Å². The highest BCUT2D eigenvalue weighted by Gasteiger charge is 2.42. The number of ether oxygens (including phenoxy) is 1. The molecule has 0 saturated carbocycles. The lowest BCUT2D eigenvalue weighted by molar-refractivity contribution is -0.0325. The van der Waals surface area contributed by atoms with Gasteiger partial charge in [-0.2, -0.15) is 5.10 Å². The van der Waals surface area contributed by atoms with Crippen LogP contribution >= 0.6 is 15.9 Å². The van der Waals surface area contributed by atoms with Crippen LogP contribution < -0.4 is 4.74 Å². The molecule has 0 fully saturated rings. The van der Waals surface area contributed by atoms with Crippen molar-refractivity contribution in [3.63, 3.8) is 0 Å². The van der Waals surface area contributed by atoms with E-state index in [1.807, 2.05) is 29.3 Å². The number of furan rings is 1. The van der Waals surface area contributed by atoms with Crippen LogP contribution in [0.4, 0.5) is 0 Å². The van der Waals surface area contributed by atoms with Gasteiger partial charge in [0.05, 0.1) is 18.0 Å². The van der Waals surface area contributed by atoms with E-state index in [4.69, 9.17) is 14.3 Å². The number of nitrogens with zero attached hydrogens (tertiary/aromatic N) is 2. The Bertz CT molecular complexity index is 980. The third-order valence-electron chi connectivity index (χ3n) is 4.92.